The van der Waals surface area contributed by atoms with Crippen molar-refractivity contribution >= 4 is 17.4 Å². The van der Waals surface area contributed by atoms with Gasteiger partial charge in [-0.2, -0.15) is 13.2 Å². The number of alkyl halides is 3. The van der Waals surface area contributed by atoms with Gasteiger partial charge in [0.15, 0.2) is 5.84 Å². The quantitative estimate of drug-likeness (QED) is 0.351. The highest BCUT2D eigenvalue weighted by atomic mass is 19.4. The van der Waals surface area contributed by atoms with E-state index in [1.165, 1.54) is 24.3 Å². The van der Waals surface area contributed by atoms with Crippen LogP contribution in [0.3, 0.4) is 0 Å². The molecule has 0 aromatic heterocycles. The van der Waals surface area contributed by atoms with Crippen molar-refractivity contribution in [3.05, 3.63) is 65.2 Å². The van der Waals surface area contributed by atoms with Gasteiger partial charge >= 0.3 is 6.18 Å². The molecule has 4 N–H and O–H groups in total. The zero-order valence-electron chi connectivity index (χ0n) is 11.6. The highest BCUT2D eigenvalue weighted by Gasteiger charge is 2.30. The molecular formula is C15H12F3N3O2. The van der Waals surface area contributed by atoms with Gasteiger partial charge in [0.25, 0.3) is 5.91 Å². The molecule has 0 aliphatic heterocycles. The maximum atomic E-state index is 12.5. The van der Waals surface area contributed by atoms with Gasteiger partial charge in [0, 0.05) is 16.8 Å². The standard InChI is InChI=1S/C15H12F3N3O2/c16-15(17,18)11-5-1-10(2-6-11)14(22)20-12-7-3-9(4-8-12)13(19)21-23/h1-8,23H,(H2,19,21)(H,20,22). The van der Waals surface area contributed by atoms with Gasteiger partial charge in [-0.15, -0.1) is 0 Å². The summed E-state index contributed by atoms with van der Waals surface area (Å²) >= 11 is 0. The van der Waals surface area contributed by atoms with Crippen molar-refractivity contribution in [2.45, 2.75) is 6.18 Å². The Bertz CT molecular complexity index is 723. The molecule has 0 bridgehead atoms. The minimum atomic E-state index is -4.45. The number of nitrogens with two attached hydrogens (primary N) is 1. The van der Waals surface area contributed by atoms with Gasteiger partial charge in [-0.25, -0.2) is 0 Å². The van der Waals surface area contributed by atoms with E-state index in [1.807, 2.05) is 0 Å². The van der Waals surface area contributed by atoms with Gasteiger partial charge in [0.05, 0.1) is 5.56 Å². The van der Waals surface area contributed by atoms with E-state index in [0.29, 0.717) is 11.3 Å². The van der Waals surface area contributed by atoms with E-state index >= 15 is 0 Å². The van der Waals surface area contributed by atoms with Crippen LogP contribution in [0.1, 0.15) is 21.5 Å². The molecule has 0 fully saturated rings. The zero-order chi connectivity index (χ0) is 17.0. The van der Waals surface area contributed by atoms with Crippen molar-refractivity contribution in [3.8, 4) is 0 Å². The van der Waals surface area contributed by atoms with Crippen LogP contribution in [0.15, 0.2) is 53.7 Å². The molecule has 2 aromatic rings. The first kappa shape index (κ1) is 16.3. The molecule has 0 unspecified atom stereocenters. The Morgan fingerprint density at radius 1 is 1.00 bits per heavy atom. The van der Waals surface area contributed by atoms with E-state index in [9.17, 15) is 18.0 Å². The molecule has 23 heavy (non-hydrogen) atoms. The largest absolute Gasteiger partial charge is 0.416 e. The van der Waals surface area contributed by atoms with Crippen LogP contribution in [-0.4, -0.2) is 17.0 Å². The number of halogens is 3. The van der Waals surface area contributed by atoms with Crippen LogP contribution in [0.4, 0.5) is 18.9 Å². The highest BCUT2D eigenvalue weighted by molar-refractivity contribution is 6.04. The van der Waals surface area contributed by atoms with E-state index in [0.717, 1.165) is 24.3 Å². The number of amidine groups is 1. The Morgan fingerprint density at radius 2 is 1.52 bits per heavy atom. The van der Waals surface area contributed by atoms with Crippen LogP contribution in [0.5, 0.6) is 0 Å². The summed E-state index contributed by atoms with van der Waals surface area (Å²) in [5, 5.41) is 13.9. The Labute approximate surface area is 129 Å². The average Bonchev–Trinajstić information content (AvgIpc) is 2.54. The monoisotopic (exact) mass is 323 g/mol. The molecule has 0 saturated carbocycles. The number of rotatable bonds is 3. The van der Waals surface area contributed by atoms with Crippen LogP contribution >= 0.6 is 0 Å². The lowest BCUT2D eigenvalue weighted by molar-refractivity contribution is -0.137. The number of nitrogens with zero attached hydrogens (tertiary/aromatic N) is 1. The molecular weight excluding hydrogens is 311 g/mol. The molecule has 2 rings (SSSR count). The topological polar surface area (TPSA) is 87.7 Å². The highest BCUT2D eigenvalue weighted by Crippen LogP contribution is 2.29. The molecule has 0 radical (unpaired) electrons. The number of oxime groups is 1. The summed E-state index contributed by atoms with van der Waals surface area (Å²) in [5.41, 5.74) is 5.56. The van der Waals surface area contributed by atoms with Crippen LogP contribution in [0, 0.1) is 0 Å². The molecule has 8 heteroatoms. The van der Waals surface area contributed by atoms with E-state index < -0.39 is 17.6 Å². The van der Waals surface area contributed by atoms with Crippen molar-refractivity contribution < 1.29 is 23.2 Å². The van der Waals surface area contributed by atoms with Gasteiger partial charge in [0.2, 0.25) is 0 Å². The fourth-order valence-corrected chi connectivity index (χ4v) is 1.80. The van der Waals surface area contributed by atoms with Crippen LogP contribution in [0.25, 0.3) is 0 Å². The summed E-state index contributed by atoms with van der Waals surface area (Å²) in [6, 6.07) is 9.98. The zero-order valence-corrected chi connectivity index (χ0v) is 11.6. The van der Waals surface area contributed by atoms with Crippen molar-refractivity contribution in [2.24, 2.45) is 10.9 Å². The Balaban J connectivity index is 2.10. The van der Waals surface area contributed by atoms with Crippen LogP contribution < -0.4 is 11.1 Å². The average molecular weight is 323 g/mol. The van der Waals surface area contributed by atoms with E-state index in [4.69, 9.17) is 10.9 Å². The van der Waals surface area contributed by atoms with E-state index in [2.05, 4.69) is 10.5 Å². The number of carbonyl (C=O) groups is 1. The maximum Gasteiger partial charge on any atom is 0.416 e. The minimum Gasteiger partial charge on any atom is -0.409 e. The van der Waals surface area contributed by atoms with Gasteiger partial charge in [0.1, 0.15) is 0 Å². The molecule has 0 aliphatic carbocycles. The predicted molar refractivity (Wildman–Crippen MR) is 78.4 cm³/mol. The second-order valence-electron chi connectivity index (χ2n) is 4.59. The Morgan fingerprint density at radius 3 is 2.00 bits per heavy atom. The normalized spacial score (nSPS) is 12.0. The molecule has 0 saturated heterocycles. The molecule has 2 aromatic carbocycles. The summed E-state index contributed by atoms with van der Waals surface area (Å²) in [4.78, 5) is 12.0. The summed E-state index contributed by atoms with van der Waals surface area (Å²) in [7, 11) is 0. The molecule has 0 heterocycles. The summed E-state index contributed by atoms with van der Waals surface area (Å²) in [6.07, 6.45) is -4.45. The van der Waals surface area contributed by atoms with Gasteiger partial charge in [-0.1, -0.05) is 5.16 Å². The lowest BCUT2D eigenvalue weighted by Gasteiger charge is -2.09. The summed E-state index contributed by atoms with van der Waals surface area (Å²) in [6.45, 7) is 0. The number of amides is 1. The van der Waals surface area contributed by atoms with Crippen molar-refractivity contribution in [2.75, 3.05) is 5.32 Å². The molecule has 120 valence electrons. The van der Waals surface area contributed by atoms with Crippen molar-refractivity contribution in [1.29, 1.82) is 0 Å². The second-order valence-corrected chi connectivity index (χ2v) is 4.59. The Kier molecular flexibility index (Phi) is 4.54. The minimum absolute atomic E-state index is 0.0781. The van der Waals surface area contributed by atoms with Gasteiger partial charge in [-0.3, -0.25) is 4.79 Å². The maximum absolute atomic E-state index is 12.5. The number of benzene rings is 2. The third-order valence-corrected chi connectivity index (χ3v) is 3.02. The summed E-state index contributed by atoms with van der Waals surface area (Å²) < 4.78 is 37.4. The number of nitrogens with one attached hydrogen (secondary N) is 1. The summed E-state index contributed by atoms with van der Waals surface area (Å²) in [5.74, 6) is -0.624. The van der Waals surface area contributed by atoms with Crippen LogP contribution in [-0.2, 0) is 6.18 Å². The molecule has 1 amide bonds. The smallest absolute Gasteiger partial charge is 0.409 e. The van der Waals surface area contributed by atoms with Crippen molar-refractivity contribution in [3.63, 3.8) is 0 Å². The lowest BCUT2D eigenvalue weighted by atomic mass is 10.1. The van der Waals surface area contributed by atoms with Gasteiger partial charge < -0.3 is 16.3 Å². The lowest BCUT2D eigenvalue weighted by Crippen LogP contribution is -2.14. The number of hydrogen-bond acceptors (Lipinski definition) is 3. The fourth-order valence-electron chi connectivity index (χ4n) is 1.80. The fraction of sp³-hybridized carbons (Fsp3) is 0.0667. The predicted octanol–water partition coefficient (Wildman–Crippen LogP) is 3.05. The van der Waals surface area contributed by atoms with Crippen LogP contribution in [0.2, 0.25) is 0 Å². The SMILES string of the molecule is NC(=NO)c1ccc(NC(=O)c2ccc(C(F)(F)F)cc2)cc1. The first-order chi connectivity index (χ1) is 10.8. The van der Waals surface area contributed by atoms with Crippen molar-refractivity contribution in [1.82, 2.24) is 0 Å². The number of hydrogen-bond donors (Lipinski definition) is 3. The third kappa shape index (κ3) is 4.00. The molecule has 0 spiro atoms. The van der Waals surface area contributed by atoms with E-state index in [1.54, 1.807) is 0 Å². The molecule has 0 aliphatic rings. The van der Waals surface area contributed by atoms with Gasteiger partial charge in [-0.05, 0) is 48.5 Å². The molecule has 0 atom stereocenters. The third-order valence-electron chi connectivity index (χ3n) is 3.02. The number of carbonyl (C=O) groups excluding carboxylic acids is 1. The first-order valence-electron chi connectivity index (χ1n) is 6.38. The Hall–Kier alpha value is -3.03. The van der Waals surface area contributed by atoms with E-state index in [-0.39, 0.29) is 11.4 Å². The molecule has 5 nitrogen and oxygen atoms in total. The second kappa shape index (κ2) is 6.39. The first-order valence-corrected chi connectivity index (χ1v) is 6.38. The number of anilines is 1.